The number of piperazine rings is 1. The van der Waals surface area contributed by atoms with E-state index in [0.717, 1.165) is 38.3 Å². The fraction of sp³-hybridized carbons (Fsp3) is 0.320. The molecule has 2 aromatic carbocycles. The number of furan rings is 1. The smallest absolute Gasteiger partial charge is 0.416 e. The van der Waals surface area contributed by atoms with Crippen molar-refractivity contribution in [2.24, 2.45) is 0 Å². The first kappa shape index (κ1) is 22.9. The molecule has 4 rings (SSSR count). The zero-order valence-corrected chi connectivity index (χ0v) is 18.4. The Balaban J connectivity index is 1.27. The number of hydrogen-bond acceptors (Lipinski definition) is 4. The van der Waals surface area contributed by atoms with Crippen LogP contribution in [0.15, 0.2) is 65.1 Å². The molecule has 1 fully saturated rings. The van der Waals surface area contributed by atoms with Crippen LogP contribution in [0.4, 0.5) is 18.9 Å². The Morgan fingerprint density at radius 3 is 2.42 bits per heavy atom. The minimum absolute atomic E-state index is 0.0141. The van der Waals surface area contributed by atoms with E-state index in [-0.39, 0.29) is 12.3 Å². The zero-order chi connectivity index (χ0) is 23.4. The molecule has 33 heavy (non-hydrogen) atoms. The van der Waals surface area contributed by atoms with Crippen LogP contribution in [0.25, 0.3) is 0 Å². The predicted octanol–water partition coefficient (Wildman–Crippen LogP) is 4.86. The van der Waals surface area contributed by atoms with Gasteiger partial charge >= 0.3 is 6.18 Å². The Kier molecular flexibility index (Phi) is 6.74. The van der Waals surface area contributed by atoms with Crippen molar-refractivity contribution < 1.29 is 22.4 Å². The van der Waals surface area contributed by atoms with Crippen molar-refractivity contribution >= 4 is 11.6 Å². The number of nitrogens with zero attached hydrogens (tertiary/aromatic N) is 2. The summed E-state index contributed by atoms with van der Waals surface area (Å²) in [5, 5.41) is 2.62. The number of hydrogen-bond donors (Lipinski definition) is 1. The van der Waals surface area contributed by atoms with E-state index in [2.05, 4.69) is 46.3 Å². The Morgan fingerprint density at radius 1 is 1.00 bits per heavy atom. The summed E-state index contributed by atoms with van der Waals surface area (Å²) in [6, 6.07) is 16.8. The highest BCUT2D eigenvalue weighted by Gasteiger charge is 2.30. The van der Waals surface area contributed by atoms with Crippen molar-refractivity contribution in [3.05, 3.63) is 88.9 Å². The molecular formula is C25H26F3N3O2. The van der Waals surface area contributed by atoms with Crippen LogP contribution >= 0.6 is 0 Å². The van der Waals surface area contributed by atoms with Gasteiger partial charge in [-0.25, -0.2) is 0 Å². The van der Waals surface area contributed by atoms with Gasteiger partial charge in [-0.05, 0) is 48.9 Å². The van der Waals surface area contributed by atoms with Crippen LogP contribution in [0.3, 0.4) is 0 Å². The molecule has 0 unspecified atom stereocenters. The van der Waals surface area contributed by atoms with Crippen molar-refractivity contribution in [3.8, 4) is 0 Å². The SMILES string of the molecule is Cc1ccc(N2CCN(Cc3ccc(C(=O)NCc4cccc(C(F)(F)F)c4)o3)CC2)cc1. The van der Waals surface area contributed by atoms with Crippen LogP contribution in [-0.2, 0) is 19.3 Å². The quantitative estimate of drug-likeness (QED) is 0.575. The van der Waals surface area contributed by atoms with Gasteiger partial charge in [0.05, 0.1) is 12.1 Å². The molecule has 0 atom stereocenters. The molecule has 1 N–H and O–H groups in total. The van der Waals surface area contributed by atoms with Crippen LogP contribution in [0.5, 0.6) is 0 Å². The summed E-state index contributed by atoms with van der Waals surface area (Å²) in [7, 11) is 0. The summed E-state index contributed by atoms with van der Waals surface area (Å²) in [5.74, 6) is 0.376. The molecule has 1 aromatic heterocycles. The number of halogens is 3. The topological polar surface area (TPSA) is 48.7 Å². The van der Waals surface area contributed by atoms with Gasteiger partial charge in [0.2, 0.25) is 0 Å². The molecule has 5 nitrogen and oxygen atoms in total. The second-order valence-electron chi connectivity index (χ2n) is 8.25. The van der Waals surface area contributed by atoms with Crippen molar-refractivity contribution in [1.29, 1.82) is 0 Å². The van der Waals surface area contributed by atoms with Crippen LogP contribution < -0.4 is 10.2 Å². The summed E-state index contributed by atoms with van der Waals surface area (Å²) in [6.45, 7) is 6.24. The van der Waals surface area contributed by atoms with Crippen LogP contribution in [0, 0.1) is 6.92 Å². The Bertz CT molecular complexity index is 1080. The summed E-state index contributed by atoms with van der Waals surface area (Å²) in [5.41, 5.74) is 2.09. The molecule has 1 aliphatic heterocycles. The highest BCUT2D eigenvalue weighted by atomic mass is 19.4. The van der Waals surface area contributed by atoms with Gasteiger partial charge in [0.1, 0.15) is 5.76 Å². The first-order valence-electron chi connectivity index (χ1n) is 10.8. The third-order valence-electron chi connectivity index (χ3n) is 5.74. The van der Waals surface area contributed by atoms with Crippen molar-refractivity contribution in [3.63, 3.8) is 0 Å². The average Bonchev–Trinajstić information content (AvgIpc) is 3.27. The molecule has 3 aromatic rings. The first-order chi connectivity index (χ1) is 15.8. The Morgan fingerprint density at radius 2 is 1.73 bits per heavy atom. The Labute approximate surface area is 190 Å². The maximum Gasteiger partial charge on any atom is 0.416 e. The van der Waals surface area contributed by atoms with E-state index in [1.165, 1.54) is 17.3 Å². The molecule has 0 spiro atoms. The summed E-state index contributed by atoms with van der Waals surface area (Å²) in [6.07, 6.45) is -4.42. The van der Waals surface area contributed by atoms with E-state index in [1.807, 2.05) is 0 Å². The molecule has 0 bridgehead atoms. The lowest BCUT2D eigenvalue weighted by atomic mass is 10.1. The third-order valence-corrected chi connectivity index (χ3v) is 5.74. The zero-order valence-electron chi connectivity index (χ0n) is 18.4. The number of carbonyl (C=O) groups excluding carboxylic acids is 1. The minimum atomic E-state index is -4.42. The molecule has 2 heterocycles. The van der Waals surface area contributed by atoms with Gasteiger partial charge in [0.15, 0.2) is 5.76 Å². The van der Waals surface area contributed by atoms with Gasteiger partial charge in [-0.2, -0.15) is 13.2 Å². The lowest BCUT2D eigenvalue weighted by Crippen LogP contribution is -2.45. The molecule has 1 amide bonds. The Hall–Kier alpha value is -3.26. The van der Waals surface area contributed by atoms with E-state index >= 15 is 0 Å². The highest BCUT2D eigenvalue weighted by molar-refractivity contribution is 5.91. The lowest BCUT2D eigenvalue weighted by Gasteiger charge is -2.35. The molecule has 8 heteroatoms. The van der Waals surface area contributed by atoms with E-state index < -0.39 is 17.6 Å². The fourth-order valence-electron chi connectivity index (χ4n) is 3.85. The summed E-state index contributed by atoms with van der Waals surface area (Å²) < 4.78 is 44.2. The molecule has 1 aliphatic rings. The standard InChI is InChI=1S/C25H26F3N3O2/c1-18-5-7-21(8-6-18)31-13-11-30(12-14-31)17-22-9-10-23(33-22)24(32)29-16-19-3-2-4-20(15-19)25(26,27)28/h2-10,15H,11-14,16-17H2,1H3,(H,29,32). The van der Waals surface area contributed by atoms with Crippen LogP contribution in [0.2, 0.25) is 0 Å². The fourth-order valence-corrected chi connectivity index (χ4v) is 3.85. The second-order valence-corrected chi connectivity index (χ2v) is 8.25. The highest BCUT2D eigenvalue weighted by Crippen LogP contribution is 2.29. The molecule has 174 valence electrons. The average molecular weight is 457 g/mol. The number of rotatable bonds is 6. The number of carbonyl (C=O) groups is 1. The monoisotopic (exact) mass is 457 g/mol. The number of anilines is 1. The predicted molar refractivity (Wildman–Crippen MR) is 120 cm³/mol. The van der Waals surface area contributed by atoms with Gasteiger partial charge in [0, 0.05) is 38.4 Å². The van der Waals surface area contributed by atoms with Crippen LogP contribution in [0.1, 0.15) is 33.0 Å². The van der Waals surface area contributed by atoms with Crippen LogP contribution in [-0.4, -0.2) is 37.0 Å². The summed E-state index contributed by atoms with van der Waals surface area (Å²) >= 11 is 0. The molecule has 1 saturated heterocycles. The first-order valence-corrected chi connectivity index (χ1v) is 10.8. The number of alkyl halides is 3. The van der Waals surface area contributed by atoms with Gasteiger partial charge in [-0.15, -0.1) is 0 Å². The van der Waals surface area contributed by atoms with E-state index in [0.29, 0.717) is 17.9 Å². The number of benzene rings is 2. The van der Waals surface area contributed by atoms with Crippen molar-refractivity contribution in [2.45, 2.75) is 26.2 Å². The van der Waals surface area contributed by atoms with E-state index in [9.17, 15) is 18.0 Å². The van der Waals surface area contributed by atoms with Crippen molar-refractivity contribution in [2.75, 3.05) is 31.1 Å². The normalized spacial score (nSPS) is 15.0. The van der Waals surface area contributed by atoms with Gasteiger partial charge in [-0.1, -0.05) is 29.8 Å². The molecule has 0 saturated carbocycles. The maximum atomic E-state index is 12.8. The number of aryl methyl sites for hydroxylation is 1. The lowest BCUT2D eigenvalue weighted by molar-refractivity contribution is -0.137. The number of amides is 1. The number of nitrogens with one attached hydrogen (secondary N) is 1. The van der Waals surface area contributed by atoms with Crippen molar-refractivity contribution in [1.82, 2.24) is 10.2 Å². The second kappa shape index (κ2) is 9.70. The van der Waals surface area contributed by atoms with Gasteiger partial charge in [-0.3, -0.25) is 9.69 Å². The van der Waals surface area contributed by atoms with Gasteiger partial charge in [0.25, 0.3) is 5.91 Å². The minimum Gasteiger partial charge on any atom is -0.455 e. The van der Waals surface area contributed by atoms with Gasteiger partial charge < -0.3 is 14.6 Å². The largest absolute Gasteiger partial charge is 0.455 e. The summed E-state index contributed by atoms with van der Waals surface area (Å²) in [4.78, 5) is 17.0. The van der Waals surface area contributed by atoms with E-state index in [4.69, 9.17) is 4.42 Å². The molecule has 0 radical (unpaired) electrons. The third kappa shape index (κ3) is 5.96. The molecule has 0 aliphatic carbocycles. The van der Waals surface area contributed by atoms with E-state index in [1.54, 1.807) is 18.2 Å². The molecular weight excluding hydrogens is 431 g/mol. The maximum absolute atomic E-state index is 12.8.